The van der Waals surface area contributed by atoms with Crippen LogP contribution in [0.5, 0.6) is 0 Å². The van der Waals surface area contributed by atoms with Gasteiger partial charge in [-0.25, -0.2) is 0 Å². The predicted molar refractivity (Wildman–Crippen MR) is 75.5 cm³/mol. The summed E-state index contributed by atoms with van der Waals surface area (Å²) in [5.74, 6) is 0. The van der Waals surface area contributed by atoms with E-state index < -0.39 is 0 Å². The second-order valence-electron chi connectivity index (χ2n) is 4.55. The van der Waals surface area contributed by atoms with E-state index in [1.54, 1.807) is 0 Å². The molecular weight excluding hydrogens is 192 g/mol. The number of allylic oxidation sites excluding steroid dienone is 6. The minimum absolute atomic E-state index is 0.0801. The predicted octanol–water partition coefficient (Wildman–Crippen LogP) is 5.45. The van der Waals surface area contributed by atoms with E-state index in [4.69, 9.17) is 0 Å². The highest BCUT2D eigenvalue weighted by Crippen LogP contribution is 2.39. The summed E-state index contributed by atoms with van der Waals surface area (Å²) in [4.78, 5) is 0. The molecule has 0 heterocycles. The van der Waals surface area contributed by atoms with Gasteiger partial charge in [0.25, 0.3) is 0 Å². The van der Waals surface area contributed by atoms with Gasteiger partial charge in [0.1, 0.15) is 0 Å². The summed E-state index contributed by atoms with van der Waals surface area (Å²) in [6.45, 7) is 16.7. The van der Waals surface area contributed by atoms with Gasteiger partial charge in [-0.05, 0) is 25.8 Å². The van der Waals surface area contributed by atoms with Gasteiger partial charge >= 0.3 is 0 Å². The van der Waals surface area contributed by atoms with Gasteiger partial charge in [0, 0.05) is 5.41 Å². The van der Waals surface area contributed by atoms with Gasteiger partial charge in [-0.15, -0.1) is 0 Å². The molecule has 0 aliphatic carbocycles. The molecule has 0 nitrogen and oxygen atoms in total. The zero-order chi connectivity index (χ0) is 12.6. The monoisotopic (exact) mass is 218 g/mol. The SMILES string of the molecule is C=CC=C(C)C(C)(CCCC)C(=C)C=CC. The van der Waals surface area contributed by atoms with Crippen LogP contribution in [0, 0.1) is 5.41 Å². The minimum Gasteiger partial charge on any atom is -0.0991 e. The zero-order valence-electron chi connectivity index (χ0n) is 11.3. The van der Waals surface area contributed by atoms with Gasteiger partial charge in [0.05, 0.1) is 0 Å². The molecule has 16 heavy (non-hydrogen) atoms. The van der Waals surface area contributed by atoms with Crippen molar-refractivity contribution in [3.8, 4) is 0 Å². The first-order valence-corrected chi connectivity index (χ1v) is 6.14. The van der Waals surface area contributed by atoms with Crippen LogP contribution < -0.4 is 0 Å². The third-order valence-corrected chi connectivity index (χ3v) is 3.35. The molecule has 0 radical (unpaired) electrons. The summed E-state index contributed by atoms with van der Waals surface area (Å²) >= 11 is 0. The van der Waals surface area contributed by atoms with Crippen molar-refractivity contribution >= 4 is 0 Å². The van der Waals surface area contributed by atoms with Crippen LogP contribution in [0.25, 0.3) is 0 Å². The smallest absolute Gasteiger partial charge is 0.0128 e. The first-order valence-electron chi connectivity index (χ1n) is 6.14. The zero-order valence-corrected chi connectivity index (χ0v) is 11.3. The Morgan fingerprint density at radius 3 is 2.44 bits per heavy atom. The Bertz CT molecular complexity index is 291. The lowest BCUT2D eigenvalue weighted by atomic mass is 9.72. The minimum atomic E-state index is 0.0801. The molecule has 0 aromatic heterocycles. The van der Waals surface area contributed by atoms with E-state index in [1.807, 2.05) is 13.0 Å². The molecule has 0 aliphatic heterocycles. The van der Waals surface area contributed by atoms with Crippen LogP contribution in [0.15, 0.2) is 48.6 Å². The van der Waals surface area contributed by atoms with Crippen molar-refractivity contribution < 1.29 is 0 Å². The molecule has 1 unspecified atom stereocenters. The summed E-state index contributed by atoms with van der Waals surface area (Å²) in [7, 11) is 0. The summed E-state index contributed by atoms with van der Waals surface area (Å²) in [5.41, 5.74) is 2.62. The van der Waals surface area contributed by atoms with E-state index in [0.717, 1.165) is 6.42 Å². The van der Waals surface area contributed by atoms with Crippen molar-refractivity contribution in [1.29, 1.82) is 0 Å². The van der Waals surface area contributed by atoms with Crippen LogP contribution in [-0.2, 0) is 0 Å². The van der Waals surface area contributed by atoms with Crippen molar-refractivity contribution in [2.45, 2.75) is 47.0 Å². The van der Waals surface area contributed by atoms with Crippen LogP contribution in [0.3, 0.4) is 0 Å². The van der Waals surface area contributed by atoms with Crippen molar-refractivity contribution in [2.75, 3.05) is 0 Å². The van der Waals surface area contributed by atoms with Crippen LogP contribution in [0.2, 0.25) is 0 Å². The Hall–Kier alpha value is -1.04. The molecular formula is C16H26. The number of unbranched alkanes of at least 4 members (excludes halogenated alkanes) is 1. The average molecular weight is 218 g/mol. The third kappa shape index (κ3) is 3.84. The van der Waals surface area contributed by atoms with E-state index in [9.17, 15) is 0 Å². The average Bonchev–Trinajstić information content (AvgIpc) is 2.26. The lowest BCUT2D eigenvalue weighted by Crippen LogP contribution is -2.19. The maximum Gasteiger partial charge on any atom is 0.0128 e. The van der Waals surface area contributed by atoms with Crippen LogP contribution in [0.4, 0.5) is 0 Å². The second kappa shape index (κ2) is 7.27. The molecule has 0 heteroatoms. The van der Waals surface area contributed by atoms with Crippen molar-refractivity contribution in [3.05, 3.63) is 48.6 Å². The summed E-state index contributed by atoms with van der Waals surface area (Å²) < 4.78 is 0. The van der Waals surface area contributed by atoms with Crippen LogP contribution >= 0.6 is 0 Å². The molecule has 0 aliphatic rings. The van der Waals surface area contributed by atoms with E-state index in [0.29, 0.717) is 0 Å². The standard InChI is InChI=1S/C16H26/c1-7-10-13-16(6,14(4)11-8-2)15(5)12-9-3/h8-9,11-12H,2,5,7,10,13H2,1,3-4,6H3. The van der Waals surface area contributed by atoms with Gasteiger partial charge in [-0.2, -0.15) is 0 Å². The second-order valence-corrected chi connectivity index (χ2v) is 4.55. The van der Waals surface area contributed by atoms with Gasteiger partial charge < -0.3 is 0 Å². The van der Waals surface area contributed by atoms with Crippen molar-refractivity contribution in [1.82, 2.24) is 0 Å². The van der Waals surface area contributed by atoms with E-state index in [-0.39, 0.29) is 5.41 Å². The van der Waals surface area contributed by atoms with E-state index in [2.05, 4.69) is 52.2 Å². The largest absolute Gasteiger partial charge is 0.0991 e. The quantitative estimate of drug-likeness (QED) is 0.499. The molecule has 0 N–H and O–H groups in total. The Kier molecular flexibility index (Phi) is 6.80. The fourth-order valence-corrected chi connectivity index (χ4v) is 1.89. The van der Waals surface area contributed by atoms with Crippen molar-refractivity contribution in [2.24, 2.45) is 5.41 Å². The van der Waals surface area contributed by atoms with Gasteiger partial charge in [0.15, 0.2) is 0 Å². The molecule has 0 saturated heterocycles. The molecule has 0 spiro atoms. The molecule has 0 saturated carbocycles. The molecule has 90 valence electrons. The summed E-state index contributed by atoms with van der Waals surface area (Å²) in [6, 6.07) is 0. The fourth-order valence-electron chi connectivity index (χ4n) is 1.89. The molecule has 0 rings (SSSR count). The van der Waals surface area contributed by atoms with Crippen molar-refractivity contribution in [3.63, 3.8) is 0 Å². The first-order chi connectivity index (χ1) is 7.52. The highest BCUT2D eigenvalue weighted by Gasteiger charge is 2.27. The van der Waals surface area contributed by atoms with Gasteiger partial charge in [0.2, 0.25) is 0 Å². The summed E-state index contributed by atoms with van der Waals surface area (Å²) in [5, 5.41) is 0. The van der Waals surface area contributed by atoms with Gasteiger partial charge in [-0.1, -0.05) is 69.7 Å². The third-order valence-electron chi connectivity index (χ3n) is 3.35. The molecule has 1 atom stereocenters. The normalized spacial score (nSPS) is 16.1. The molecule has 0 fully saturated rings. The fraction of sp³-hybridized carbons (Fsp3) is 0.500. The molecule has 0 aromatic carbocycles. The molecule has 0 aromatic rings. The lowest BCUT2D eigenvalue weighted by Gasteiger charge is -2.32. The first kappa shape index (κ1) is 15.0. The Morgan fingerprint density at radius 1 is 1.38 bits per heavy atom. The van der Waals surface area contributed by atoms with Crippen LogP contribution in [0.1, 0.15) is 47.0 Å². The topological polar surface area (TPSA) is 0 Å². The van der Waals surface area contributed by atoms with E-state index >= 15 is 0 Å². The summed E-state index contributed by atoms with van der Waals surface area (Å²) in [6.07, 6.45) is 11.8. The lowest BCUT2D eigenvalue weighted by molar-refractivity contribution is 0.429. The highest BCUT2D eigenvalue weighted by molar-refractivity contribution is 5.34. The molecule has 0 amide bonds. The Balaban J connectivity index is 5.08. The maximum atomic E-state index is 4.21. The number of rotatable bonds is 7. The van der Waals surface area contributed by atoms with Crippen LogP contribution in [-0.4, -0.2) is 0 Å². The number of hydrogen-bond acceptors (Lipinski definition) is 0. The molecule has 0 bridgehead atoms. The van der Waals surface area contributed by atoms with E-state index in [1.165, 1.54) is 24.0 Å². The maximum absolute atomic E-state index is 4.21. The Labute approximate surface area is 101 Å². The Morgan fingerprint density at radius 2 is 2.00 bits per heavy atom. The highest BCUT2D eigenvalue weighted by atomic mass is 14.3. The number of hydrogen-bond donors (Lipinski definition) is 0. The van der Waals surface area contributed by atoms with Gasteiger partial charge in [-0.3, -0.25) is 0 Å².